The zero-order chi connectivity index (χ0) is 14.8. The molecule has 6 nitrogen and oxygen atoms in total. The van der Waals surface area contributed by atoms with E-state index in [4.69, 9.17) is 11.6 Å². The molecular weight excluding hydrogens is 310 g/mol. The van der Waals surface area contributed by atoms with Gasteiger partial charge >= 0.3 is 0 Å². The van der Waals surface area contributed by atoms with Crippen molar-refractivity contribution >= 4 is 34.0 Å². The summed E-state index contributed by atoms with van der Waals surface area (Å²) < 4.78 is 1.51. The van der Waals surface area contributed by atoms with Gasteiger partial charge in [-0.05, 0) is 31.8 Å². The molecule has 2 N–H and O–H groups in total. The van der Waals surface area contributed by atoms with E-state index in [2.05, 4.69) is 20.7 Å². The molecule has 0 bridgehead atoms. The van der Waals surface area contributed by atoms with Gasteiger partial charge in [-0.25, -0.2) is 4.98 Å². The lowest BCUT2D eigenvalue weighted by Crippen LogP contribution is -2.26. The van der Waals surface area contributed by atoms with Gasteiger partial charge in [0, 0.05) is 24.3 Å². The molecule has 8 heteroatoms. The van der Waals surface area contributed by atoms with Gasteiger partial charge in [0.05, 0.1) is 5.02 Å². The van der Waals surface area contributed by atoms with Crippen LogP contribution in [0.3, 0.4) is 0 Å². The third-order valence-corrected chi connectivity index (χ3v) is 4.84. The molecule has 1 amide bonds. The predicted molar refractivity (Wildman–Crippen MR) is 83.1 cm³/mol. The van der Waals surface area contributed by atoms with Gasteiger partial charge in [0.2, 0.25) is 0 Å². The zero-order valence-corrected chi connectivity index (χ0v) is 13.2. The number of aryl methyl sites for hydroxylation is 1. The Balaban J connectivity index is 1.69. The Kier molecular flexibility index (Phi) is 4.23. The molecular formula is C13H16ClN5OS. The molecule has 1 aliphatic heterocycles. The predicted octanol–water partition coefficient (Wildman–Crippen LogP) is 2.25. The Morgan fingerprint density at radius 3 is 2.95 bits per heavy atom. The van der Waals surface area contributed by atoms with Gasteiger partial charge in [-0.3, -0.25) is 14.8 Å². The van der Waals surface area contributed by atoms with Gasteiger partial charge in [0.15, 0.2) is 10.8 Å². The van der Waals surface area contributed by atoms with Crippen LogP contribution in [0.4, 0.5) is 5.13 Å². The molecule has 1 saturated heterocycles. The molecule has 0 aromatic carbocycles. The SMILES string of the molecule is Cn1cc(Cl)c(C(=O)Nc2ncc(C3CCNCC3)s2)n1. The highest BCUT2D eigenvalue weighted by Gasteiger charge is 2.20. The smallest absolute Gasteiger partial charge is 0.279 e. The van der Waals surface area contributed by atoms with E-state index >= 15 is 0 Å². The first-order valence-electron chi connectivity index (χ1n) is 6.80. The number of anilines is 1. The van der Waals surface area contributed by atoms with Gasteiger partial charge in [0.1, 0.15) is 0 Å². The van der Waals surface area contributed by atoms with Crippen LogP contribution in [-0.4, -0.2) is 33.8 Å². The number of halogens is 1. The van der Waals surface area contributed by atoms with Crippen molar-refractivity contribution in [3.8, 4) is 0 Å². The van der Waals surface area contributed by atoms with Crippen LogP contribution in [-0.2, 0) is 7.05 Å². The van der Waals surface area contributed by atoms with E-state index in [1.165, 1.54) is 20.9 Å². The molecule has 1 fully saturated rings. The van der Waals surface area contributed by atoms with E-state index in [-0.39, 0.29) is 11.6 Å². The monoisotopic (exact) mass is 325 g/mol. The number of carbonyl (C=O) groups is 1. The topological polar surface area (TPSA) is 71.8 Å². The van der Waals surface area contributed by atoms with E-state index in [1.807, 2.05) is 6.20 Å². The lowest BCUT2D eigenvalue weighted by atomic mass is 9.97. The van der Waals surface area contributed by atoms with E-state index in [0.29, 0.717) is 16.1 Å². The normalized spacial score (nSPS) is 16.1. The molecule has 3 heterocycles. The fourth-order valence-electron chi connectivity index (χ4n) is 2.41. The second-order valence-electron chi connectivity index (χ2n) is 5.05. The standard InChI is InChI=1S/C13H16ClN5OS/c1-19-7-9(14)11(18-19)12(20)17-13-16-6-10(21-13)8-2-4-15-5-3-8/h6-8,15H,2-5H2,1H3,(H,16,17,20). The molecule has 21 heavy (non-hydrogen) atoms. The first kappa shape index (κ1) is 14.5. The largest absolute Gasteiger partial charge is 0.317 e. The fourth-order valence-corrected chi connectivity index (χ4v) is 3.65. The third-order valence-electron chi connectivity index (χ3n) is 3.48. The minimum Gasteiger partial charge on any atom is -0.317 e. The second-order valence-corrected chi connectivity index (χ2v) is 6.51. The van der Waals surface area contributed by atoms with Crippen LogP contribution >= 0.6 is 22.9 Å². The molecule has 0 radical (unpaired) electrons. The molecule has 0 atom stereocenters. The van der Waals surface area contributed by atoms with Crippen LogP contribution in [0.25, 0.3) is 0 Å². The summed E-state index contributed by atoms with van der Waals surface area (Å²) in [6, 6.07) is 0. The lowest BCUT2D eigenvalue weighted by Gasteiger charge is -2.20. The van der Waals surface area contributed by atoms with E-state index in [0.717, 1.165) is 25.9 Å². The van der Waals surface area contributed by atoms with Gasteiger partial charge in [-0.1, -0.05) is 11.6 Å². The van der Waals surface area contributed by atoms with Gasteiger partial charge in [-0.2, -0.15) is 5.10 Å². The molecule has 2 aromatic rings. The van der Waals surface area contributed by atoms with Crippen molar-refractivity contribution in [2.45, 2.75) is 18.8 Å². The summed E-state index contributed by atoms with van der Waals surface area (Å²) in [6.07, 6.45) is 5.68. The number of hydrogen-bond acceptors (Lipinski definition) is 5. The van der Waals surface area contributed by atoms with Crippen LogP contribution in [0.5, 0.6) is 0 Å². The number of hydrogen-bond donors (Lipinski definition) is 2. The summed E-state index contributed by atoms with van der Waals surface area (Å²) in [5, 5.41) is 11.1. The van der Waals surface area contributed by atoms with Crippen LogP contribution in [0, 0.1) is 0 Å². The highest BCUT2D eigenvalue weighted by molar-refractivity contribution is 7.15. The minimum atomic E-state index is -0.327. The summed E-state index contributed by atoms with van der Waals surface area (Å²) in [7, 11) is 1.72. The van der Waals surface area contributed by atoms with Crippen molar-refractivity contribution < 1.29 is 4.79 Å². The van der Waals surface area contributed by atoms with Crippen molar-refractivity contribution in [2.75, 3.05) is 18.4 Å². The van der Waals surface area contributed by atoms with E-state index in [9.17, 15) is 4.79 Å². The van der Waals surface area contributed by atoms with Crippen molar-refractivity contribution in [3.63, 3.8) is 0 Å². The summed E-state index contributed by atoms with van der Waals surface area (Å²) in [5.74, 6) is 0.208. The number of thiazole rings is 1. The maximum Gasteiger partial charge on any atom is 0.279 e. The summed E-state index contributed by atoms with van der Waals surface area (Å²) in [5.41, 5.74) is 0.220. The highest BCUT2D eigenvalue weighted by Crippen LogP contribution is 2.31. The molecule has 3 rings (SSSR count). The van der Waals surface area contributed by atoms with Gasteiger partial charge in [0.25, 0.3) is 5.91 Å². The lowest BCUT2D eigenvalue weighted by molar-refractivity contribution is 0.102. The Morgan fingerprint density at radius 2 is 2.29 bits per heavy atom. The van der Waals surface area contributed by atoms with Crippen molar-refractivity contribution in [1.82, 2.24) is 20.1 Å². The molecule has 2 aromatic heterocycles. The maximum absolute atomic E-state index is 12.1. The first-order valence-corrected chi connectivity index (χ1v) is 8.00. The van der Waals surface area contributed by atoms with Crippen LogP contribution in [0.15, 0.2) is 12.4 Å². The van der Waals surface area contributed by atoms with Crippen LogP contribution < -0.4 is 10.6 Å². The summed E-state index contributed by atoms with van der Waals surface area (Å²) in [6.45, 7) is 2.07. The van der Waals surface area contributed by atoms with E-state index < -0.39 is 0 Å². The minimum absolute atomic E-state index is 0.220. The second kappa shape index (κ2) is 6.13. The number of amides is 1. The molecule has 0 saturated carbocycles. The Labute approximate surface area is 131 Å². The molecule has 0 unspecified atom stereocenters. The number of nitrogens with one attached hydrogen (secondary N) is 2. The summed E-state index contributed by atoms with van der Waals surface area (Å²) in [4.78, 5) is 17.6. The van der Waals surface area contributed by atoms with Crippen molar-refractivity contribution in [2.24, 2.45) is 7.05 Å². The number of nitrogens with zero attached hydrogens (tertiary/aromatic N) is 3. The van der Waals surface area contributed by atoms with Crippen molar-refractivity contribution in [3.05, 3.63) is 28.0 Å². The quantitative estimate of drug-likeness (QED) is 0.908. The number of aromatic nitrogens is 3. The molecule has 112 valence electrons. The Bertz CT molecular complexity index is 647. The average Bonchev–Trinajstić information content (AvgIpc) is 3.06. The zero-order valence-electron chi connectivity index (χ0n) is 11.6. The Morgan fingerprint density at radius 1 is 1.52 bits per heavy atom. The van der Waals surface area contributed by atoms with Crippen LogP contribution in [0.1, 0.15) is 34.1 Å². The van der Waals surface area contributed by atoms with E-state index in [1.54, 1.807) is 13.2 Å². The molecule has 0 aliphatic carbocycles. The molecule has 0 spiro atoms. The number of carbonyl (C=O) groups excluding carboxylic acids is 1. The molecule has 1 aliphatic rings. The maximum atomic E-state index is 12.1. The highest BCUT2D eigenvalue weighted by atomic mass is 35.5. The number of rotatable bonds is 3. The van der Waals surface area contributed by atoms with Gasteiger partial charge in [-0.15, -0.1) is 11.3 Å². The van der Waals surface area contributed by atoms with Gasteiger partial charge < -0.3 is 5.32 Å². The number of piperidine rings is 1. The summed E-state index contributed by atoms with van der Waals surface area (Å²) >= 11 is 7.49. The van der Waals surface area contributed by atoms with Crippen molar-refractivity contribution in [1.29, 1.82) is 0 Å². The third kappa shape index (κ3) is 3.25. The average molecular weight is 326 g/mol. The fraction of sp³-hybridized carbons (Fsp3) is 0.462. The Hall–Kier alpha value is -1.44. The first-order chi connectivity index (χ1) is 10.1. The van der Waals surface area contributed by atoms with Crippen LogP contribution in [0.2, 0.25) is 5.02 Å².